The first-order valence-electron chi connectivity index (χ1n) is 7.14. The van der Waals surface area contributed by atoms with E-state index in [4.69, 9.17) is 0 Å². The topological polar surface area (TPSA) is 93.1 Å². The second kappa shape index (κ2) is 6.84. The molecule has 2 rings (SSSR count). The third kappa shape index (κ3) is 4.00. The smallest absolute Gasteiger partial charge is 0.256 e. The zero-order valence-electron chi connectivity index (χ0n) is 13.7. The van der Waals surface area contributed by atoms with E-state index in [0.29, 0.717) is 22.4 Å². The predicted octanol–water partition coefficient (Wildman–Crippen LogP) is 2.04. The molecule has 1 heterocycles. The molecule has 0 aliphatic rings. The molecule has 0 atom stereocenters. The van der Waals surface area contributed by atoms with E-state index in [9.17, 15) is 14.2 Å². The van der Waals surface area contributed by atoms with Gasteiger partial charge in [0.2, 0.25) is 5.91 Å². The number of carbonyl (C=O) groups excluding carboxylic acids is 2. The van der Waals surface area contributed by atoms with E-state index < -0.39 is 7.14 Å². The molecule has 0 saturated heterocycles. The van der Waals surface area contributed by atoms with Gasteiger partial charge in [-0.2, -0.15) is 5.10 Å². The van der Waals surface area contributed by atoms with Gasteiger partial charge in [0.05, 0.1) is 11.5 Å². The fourth-order valence-corrected chi connectivity index (χ4v) is 3.08. The van der Waals surface area contributed by atoms with Crippen LogP contribution in [0, 0.1) is 0 Å². The molecule has 0 aliphatic carbocycles. The second-order valence-electron chi connectivity index (χ2n) is 5.58. The zero-order valence-corrected chi connectivity index (χ0v) is 14.6. The summed E-state index contributed by atoms with van der Waals surface area (Å²) >= 11 is 0. The molecule has 0 unspecified atom stereocenters. The molecule has 2 aromatic rings. The van der Waals surface area contributed by atoms with E-state index in [2.05, 4.69) is 22.3 Å². The van der Waals surface area contributed by atoms with Crippen molar-refractivity contribution < 1.29 is 14.2 Å². The van der Waals surface area contributed by atoms with Crippen molar-refractivity contribution in [2.75, 3.05) is 24.0 Å². The Balaban J connectivity index is 2.19. The third-order valence-corrected chi connectivity index (χ3v) is 4.82. The van der Waals surface area contributed by atoms with Crippen LogP contribution in [0.15, 0.2) is 43.1 Å². The van der Waals surface area contributed by atoms with E-state index in [1.807, 2.05) is 0 Å². The largest absolute Gasteiger partial charge is 0.323 e. The highest BCUT2D eigenvalue weighted by molar-refractivity contribution is 7.70. The molecule has 2 N–H and O–H groups in total. The lowest BCUT2D eigenvalue weighted by Gasteiger charge is -2.11. The first-order chi connectivity index (χ1) is 11.2. The van der Waals surface area contributed by atoms with Crippen LogP contribution >= 0.6 is 7.14 Å². The van der Waals surface area contributed by atoms with Gasteiger partial charge in [-0.05, 0) is 43.7 Å². The van der Waals surface area contributed by atoms with E-state index in [1.165, 1.54) is 17.0 Å². The zero-order chi connectivity index (χ0) is 17.9. The minimum Gasteiger partial charge on any atom is -0.323 e. The van der Waals surface area contributed by atoms with Gasteiger partial charge < -0.3 is 15.2 Å². The number of carbonyl (C=O) groups is 2. The van der Waals surface area contributed by atoms with E-state index >= 15 is 0 Å². The van der Waals surface area contributed by atoms with Crippen molar-refractivity contribution in [3.8, 4) is 0 Å². The molecule has 0 bridgehead atoms. The van der Waals surface area contributed by atoms with Gasteiger partial charge in [-0.25, -0.2) is 0 Å². The normalized spacial score (nSPS) is 11.0. The Labute approximate surface area is 140 Å². The van der Waals surface area contributed by atoms with Crippen LogP contribution in [0.1, 0.15) is 10.4 Å². The highest BCUT2D eigenvalue weighted by Crippen LogP contribution is 2.37. The molecule has 126 valence electrons. The third-order valence-electron chi connectivity index (χ3n) is 3.33. The summed E-state index contributed by atoms with van der Waals surface area (Å²) in [6.07, 6.45) is 2.67. The SMILES string of the molecule is C=CC(=O)Nc1ccc(C(=O)Nc2c(P(C)(C)=O)cnn2C)cc1. The van der Waals surface area contributed by atoms with Gasteiger partial charge in [0.25, 0.3) is 5.91 Å². The minimum absolute atomic E-state index is 0.326. The first kappa shape index (κ1) is 17.7. The van der Waals surface area contributed by atoms with Gasteiger partial charge in [-0.3, -0.25) is 14.3 Å². The lowest BCUT2D eigenvalue weighted by Crippen LogP contribution is -2.19. The molecule has 0 saturated carbocycles. The van der Waals surface area contributed by atoms with Crippen molar-refractivity contribution in [3.63, 3.8) is 0 Å². The van der Waals surface area contributed by atoms with Crippen LogP contribution in [0.2, 0.25) is 0 Å². The lowest BCUT2D eigenvalue weighted by atomic mass is 10.2. The summed E-state index contributed by atoms with van der Waals surface area (Å²) in [5.41, 5.74) is 0.963. The number of hydrogen-bond donors (Lipinski definition) is 2. The quantitative estimate of drug-likeness (QED) is 0.640. The van der Waals surface area contributed by atoms with Crippen LogP contribution in [0.25, 0.3) is 0 Å². The number of aromatic nitrogens is 2. The van der Waals surface area contributed by atoms with Crippen molar-refractivity contribution in [2.24, 2.45) is 7.05 Å². The van der Waals surface area contributed by atoms with Gasteiger partial charge in [0, 0.05) is 18.3 Å². The molecule has 2 amide bonds. The molecule has 0 radical (unpaired) electrons. The molecule has 0 fully saturated rings. The number of aryl methyl sites for hydroxylation is 1. The molecule has 0 spiro atoms. The molecule has 24 heavy (non-hydrogen) atoms. The summed E-state index contributed by atoms with van der Waals surface area (Å²) in [6.45, 7) is 6.62. The van der Waals surface area contributed by atoms with Crippen LogP contribution in [0.3, 0.4) is 0 Å². The van der Waals surface area contributed by atoms with Gasteiger partial charge in [0.15, 0.2) is 0 Å². The Morgan fingerprint density at radius 1 is 1.21 bits per heavy atom. The van der Waals surface area contributed by atoms with E-state index in [1.54, 1.807) is 44.6 Å². The van der Waals surface area contributed by atoms with Crippen molar-refractivity contribution in [1.29, 1.82) is 0 Å². The molecular weight excluding hydrogens is 327 g/mol. The molecular formula is C16H19N4O3P. The summed E-state index contributed by atoms with van der Waals surface area (Å²) in [7, 11) is -0.896. The number of hydrogen-bond acceptors (Lipinski definition) is 4. The van der Waals surface area contributed by atoms with Crippen molar-refractivity contribution in [3.05, 3.63) is 48.7 Å². The van der Waals surface area contributed by atoms with Gasteiger partial charge >= 0.3 is 0 Å². The number of nitrogens with zero attached hydrogens (tertiary/aromatic N) is 2. The van der Waals surface area contributed by atoms with Crippen molar-refractivity contribution in [1.82, 2.24) is 9.78 Å². The Kier molecular flexibility index (Phi) is 5.04. The van der Waals surface area contributed by atoms with Crippen LogP contribution in [-0.2, 0) is 16.4 Å². The summed E-state index contributed by atoms with van der Waals surface area (Å²) in [6, 6.07) is 6.40. The molecule has 1 aromatic carbocycles. The predicted molar refractivity (Wildman–Crippen MR) is 95.5 cm³/mol. The lowest BCUT2D eigenvalue weighted by molar-refractivity contribution is -0.111. The maximum absolute atomic E-state index is 12.4. The Hall–Kier alpha value is -2.66. The number of rotatable bonds is 5. The van der Waals surface area contributed by atoms with E-state index in [0.717, 1.165) is 0 Å². The summed E-state index contributed by atoms with van der Waals surface area (Å²) in [4.78, 5) is 23.6. The fraction of sp³-hybridized carbons (Fsp3) is 0.188. The molecule has 8 heteroatoms. The summed E-state index contributed by atoms with van der Waals surface area (Å²) in [5.74, 6) is -0.263. The Morgan fingerprint density at radius 3 is 2.38 bits per heavy atom. The van der Waals surface area contributed by atoms with Gasteiger partial charge in [0.1, 0.15) is 13.0 Å². The van der Waals surface area contributed by atoms with Crippen LogP contribution in [0.4, 0.5) is 11.5 Å². The maximum atomic E-state index is 12.4. The Morgan fingerprint density at radius 2 is 1.83 bits per heavy atom. The highest BCUT2D eigenvalue weighted by atomic mass is 31.2. The summed E-state index contributed by atoms with van der Waals surface area (Å²) < 4.78 is 13.8. The fourth-order valence-electron chi connectivity index (χ4n) is 2.04. The van der Waals surface area contributed by atoms with Gasteiger partial charge in [-0.1, -0.05) is 6.58 Å². The van der Waals surface area contributed by atoms with Crippen LogP contribution in [0.5, 0.6) is 0 Å². The summed E-state index contributed by atoms with van der Waals surface area (Å²) in [5, 5.41) is 9.92. The first-order valence-corrected chi connectivity index (χ1v) is 9.75. The number of anilines is 2. The maximum Gasteiger partial charge on any atom is 0.256 e. The molecule has 0 aliphatic heterocycles. The van der Waals surface area contributed by atoms with Crippen molar-refractivity contribution in [2.45, 2.75) is 0 Å². The molecule has 1 aromatic heterocycles. The van der Waals surface area contributed by atoms with Crippen LogP contribution in [-0.4, -0.2) is 34.9 Å². The number of amides is 2. The van der Waals surface area contributed by atoms with E-state index in [-0.39, 0.29) is 11.8 Å². The van der Waals surface area contributed by atoms with Gasteiger partial charge in [-0.15, -0.1) is 0 Å². The monoisotopic (exact) mass is 346 g/mol. The second-order valence-corrected chi connectivity index (χ2v) is 8.76. The highest BCUT2D eigenvalue weighted by Gasteiger charge is 2.22. The standard InChI is InChI=1S/C16H19N4O3P/c1-5-14(21)18-12-8-6-11(7-9-12)16(22)19-15-13(24(3,4)23)10-17-20(15)2/h5-10H,1H2,2-4H3,(H,18,21)(H,19,22). The molecule has 7 nitrogen and oxygen atoms in total. The minimum atomic E-state index is -2.56. The Bertz CT molecular complexity index is 834. The van der Waals surface area contributed by atoms with Crippen LogP contribution < -0.4 is 15.9 Å². The average molecular weight is 346 g/mol. The number of nitrogens with one attached hydrogen (secondary N) is 2. The van der Waals surface area contributed by atoms with Crippen molar-refractivity contribution >= 4 is 35.8 Å². The average Bonchev–Trinajstić information content (AvgIpc) is 2.89. The number of benzene rings is 1.